The van der Waals surface area contributed by atoms with E-state index in [-0.39, 0.29) is 0 Å². The highest BCUT2D eigenvalue weighted by molar-refractivity contribution is 5.76. The van der Waals surface area contributed by atoms with Crippen molar-refractivity contribution in [3.05, 3.63) is 54.1 Å². The maximum absolute atomic E-state index is 11.4. The van der Waals surface area contributed by atoms with Crippen molar-refractivity contribution < 1.29 is 19.1 Å². The SMILES string of the molecule is CCCCCCCN(CCCc1cccc(OC(C)(C)C(=O)O)c1)c1nc2ccccc2o1. The first-order valence-electron chi connectivity index (χ1n) is 12.0. The van der Waals surface area contributed by atoms with Crippen LogP contribution >= 0.6 is 0 Å². The van der Waals surface area contributed by atoms with E-state index in [0.29, 0.717) is 11.8 Å². The lowest BCUT2D eigenvalue weighted by Crippen LogP contribution is -2.37. The van der Waals surface area contributed by atoms with Crippen LogP contribution in [0.2, 0.25) is 0 Å². The summed E-state index contributed by atoms with van der Waals surface area (Å²) in [7, 11) is 0. The molecule has 1 heterocycles. The summed E-state index contributed by atoms with van der Waals surface area (Å²) >= 11 is 0. The van der Waals surface area contributed by atoms with Crippen LogP contribution in [0.3, 0.4) is 0 Å². The Morgan fingerprint density at radius 2 is 1.79 bits per heavy atom. The molecule has 0 unspecified atom stereocenters. The molecule has 0 aliphatic rings. The Morgan fingerprint density at radius 1 is 1.03 bits per heavy atom. The van der Waals surface area contributed by atoms with Crippen LogP contribution in [-0.2, 0) is 11.2 Å². The van der Waals surface area contributed by atoms with Crippen LogP contribution in [0.25, 0.3) is 11.1 Å². The predicted octanol–water partition coefficient (Wildman–Crippen LogP) is 6.48. The molecule has 3 rings (SSSR count). The third-order valence-electron chi connectivity index (χ3n) is 5.76. The molecule has 6 heteroatoms. The molecule has 6 nitrogen and oxygen atoms in total. The summed E-state index contributed by atoms with van der Waals surface area (Å²) < 4.78 is 11.7. The van der Waals surface area contributed by atoms with E-state index in [1.807, 2.05) is 36.4 Å². The minimum Gasteiger partial charge on any atom is -0.478 e. The summed E-state index contributed by atoms with van der Waals surface area (Å²) in [6, 6.07) is 16.3. The lowest BCUT2D eigenvalue weighted by atomic mass is 10.1. The first kappa shape index (κ1) is 24.6. The van der Waals surface area contributed by atoms with Crippen LogP contribution in [0.5, 0.6) is 5.75 Å². The number of anilines is 1. The summed E-state index contributed by atoms with van der Waals surface area (Å²) in [4.78, 5) is 18.3. The van der Waals surface area contributed by atoms with Gasteiger partial charge < -0.3 is 19.2 Å². The zero-order chi connectivity index (χ0) is 23.7. The molecule has 178 valence electrons. The van der Waals surface area contributed by atoms with Crippen molar-refractivity contribution in [3.63, 3.8) is 0 Å². The van der Waals surface area contributed by atoms with Gasteiger partial charge in [0, 0.05) is 13.1 Å². The van der Waals surface area contributed by atoms with Crippen molar-refractivity contribution in [3.8, 4) is 5.75 Å². The van der Waals surface area contributed by atoms with Crippen LogP contribution in [-0.4, -0.2) is 34.8 Å². The molecule has 0 saturated heterocycles. The number of nitrogens with zero attached hydrogens (tertiary/aromatic N) is 2. The summed E-state index contributed by atoms with van der Waals surface area (Å²) in [5.41, 5.74) is 1.55. The topological polar surface area (TPSA) is 75.8 Å². The maximum Gasteiger partial charge on any atom is 0.347 e. The highest BCUT2D eigenvalue weighted by Gasteiger charge is 2.29. The minimum absolute atomic E-state index is 0.576. The third kappa shape index (κ3) is 7.24. The second-order valence-corrected chi connectivity index (χ2v) is 9.03. The second kappa shape index (κ2) is 11.7. The van der Waals surface area contributed by atoms with E-state index < -0.39 is 11.6 Å². The number of hydrogen-bond donors (Lipinski definition) is 1. The monoisotopic (exact) mass is 452 g/mol. The zero-order valence-corrected chi connectivity index (χ0v) is 20.0. The number of rotatable bonds is 14. The molecule has 3 aromatic rings. The number of carbonyl (C=O) groups is 1. The van der Waals surface area contributed by atoms with Crippen molar-refractivity contribution >= 4 is 23.1 Å². The molecular formula is C27H36N2O4. The summed E-state index contributed by atoms with van der Waals surface area (Å²) in [5.74, 6) is -0.410. The number of unbranched alkanes of at least 4 members (excludes halogenated alkanes) is 4. The average molecular weight is 453 g/mol. The van der Waals surface area contributed by atoms with Gasteiger partial charge >= 0.3 is 5.97 Å². The van der Waals surface area contributed by atoms with Crippen LogP contribution < -0.4 is 9.64 Å². The van der Waals surface area contributed by atoms with Crippen molar-refractivity contribution in [1.29, 1.82) is 0 Å². The molecule has 0 aliphatic carbocycles. The number of aliphatic carboxylic acids is 1. The fourth-order valence-electron chi connectivity index (χ4n) is 3.78. The summed E-state index contributed by atoms with van der Waals surface area (Å²) in [6.07, 6.45) is 7.89. The molecule has 2 aromatic carbocycles. The van der Waals surface area contributed by atoms with Gasteiger partial charge in [0.25, 0.3) is 6.01 Å². The Balaban J connectivity index is 1.62. The summed E-state index contributed by atoms with van der Waals surface area (Å²) in [5, 5.41) is 9.31. The standard InChI is InChI=1S/C27H36N2O4/c1-4-5-6-7-10-18-29(26-28-23-16-8-9-17-24(23)32-26)19-12-14-21-13-11-15-22(20-21)33-27(2,3)25(30)31/h8-9,11,13,15-17,20H,4-7,10,12,14,18-19H2,1-3H3,(H,30,31). The van der Waals surface area contributed by atoms with Crippen molar-refractivity contribution in [2.45, 2.75) is 71.3 Å². The minimum atomic E-state index is -1.26. The highest BCUT2D eigenvalue weighted by Crippen LogP contribution is 2.24. The van der Waals surface area contributed by atoms with Crippen LogP contribution in [0.4, 0.5) is 6.01 Å². The van der Waals surface area contributed by atoms with Gasteiger partial charge in [0.2, 0.25) is 0 Å². The predicted molar refractivity (Wildman–Crippen MR) is 132 cm³/mol. The lowest BCUT2D eigenvalue weighted by Gasteiger charge is -2.22. The van der Waals surface area contributed by atoms with E-state index in [0.717, 1.165) is 49.0 Å². The average Bonchev–Trinajstić information content (AvgIpc) is 3.22. The first-order valence-corrected chi connectivity index (χ1v) is 12.0. The Bertz CT molecular complexity index is 995. The molecule has 0 spiro atoms. The van der Waals surface area contributed by atoms with Crippen LogP contribution in [0.15, 0.2) is 52.9 Å². The van der Waals surface area contributed by atoms with E-state index in [1.54, 1.807) is 19.9 Å². The Labute approximate surface area is 196 Å². The molecule has 0 fully saturated rings. The fourth-order valence-corrected chi connectivity index (χ4v) is 3.78. The first-order chi connectivity index (χ1) is 15.9. The lowest BCUT2D eigenvalue weighted by molar-refractivity contribution is -0.152. The third-order valence-corrected chi connectivity index (χ3v) is 5.76. The zero-order valence-electron chi connectivity index (χ0n) is 20.0. The van der Waals surface area contributed by atoms with Crippen LogP contribution in [0.1, 0.15) is 64.9 Å². The number of benzene rings is 2. The normalized spacial score (nSPS) is 11.6. The van der Waals surface area contributed by atoms with Gasteiger partial charge in [-0.1, -0.05) is 56.9 Å². The molecule has 1 aromatic heterocycles. The number of carboxylic acid groups (broad SMARTS) is 1. The number of ether oxygens (including phenoxy) is 1. The van der Waals surface area contributed by atoms with Gasteiger partial charge in [-0.25, -0.2) is 4.79 Å². The van der Waals surface area contributed by atoms with Gasteiger partial charge in [0.15, 0.2) is 11.2 Å². The Kier molecular flexibility index (Phi) is 8.75. The van der Waals surface area contributed by atoms with Gasteiger partial charge in [0.05, 0.1) is 0 Å². The molecule has 0 aliphatic heterocycles. The number of hydrogen-bond acceptors (Lipinski definition) is 5. The van der Waals surface area contributed by atoms with E-state index in [1.165, 1.54) is 25.7 Å². The van der Waals surface area contributed by atoms with Gasteiger partial charge in [-0.3, -0.25) is 0 Å². The van der Waals surface area contributed by atoms with E-state index >= 15 is 0 Å². The van der Waals surface area contributed by atoms with Gasteiger partial charge in [-0.05, 0) is 62.9 Å². The molecular weight excluding hydrogens is 416 g/mol. The maximum atomic E-state index is 11.4. The number of fused-ring (bicyclic) bond motifs is 1. The number of carboxylic acids is 1. The van der Waals surface area contributed by atoms with Gasteiger partial charge in [-0.2, -0.15) is 4.98 Å². The van der Waals surface area contributed by atoms with Crippen molar-refractivity contribution in [2.24, 2.45) is 0 Å². The van der Waals surface area contributed by atoms with E-state index in [2.05, 4.69) is 17.9 Å². The Morgan fingerprint density at radius 3 is 2.55 bits per heavy atom. The number of para-hydroxylation sites is 2. The smallest absolute Gasteiger partial charge is 0.347 e. The van der Waals surface area contributed by atoms with Gasteiger partial charge in [-0.15, -0.1) is 0 Å². The van der Waals surface area contributed by atoms with Crippen molar-refractivity contribution in [1.82, 2.24) is 4.98 Å². The molecule has 33 heavy (non-hydrogen) atoms. The van der Waals surface area contributed by atoms with Crippen LogP contribution in [0, 0.1) is 0 Å². The number of aryl methyl sites for hydroxylation is 1. The molecule has 1 N–H and O–H groups in total. The summed E-state index contributed by atoms with van der Waals surface area (Å²) in [6.45, 7) is 7.10. The molecule has 0 amide bonds. The van der Waals surface area contributed by atoms with E-state index in [9.17, 15) is 9.90 Å². The van der Waals surface area contributed by atoms with Gasteiger partial charge in [0.1, 0.15) is 11.3 Å². The quantitative estimate of drug-likeness (QED) is 0.282. The van der Waals surface area contributed by atoms with E-state index in [4.69, 9.17) is 14.1 Å². The number of oxazole rings is 1. The Hall–Kier alpha value is -3.02. The molecule has 0 bridgehead atoms. The second-order valence-electron chi connectivity index (χ2n) is 9.03. The molecule has 0 radical (unpaired) electrons. The fraction of sp³-hybridized carbons (Fsp3) is 0.481. The number of aromatic nitrogens is 1. The highest BCUT2D eigenvalue weighted by atomic mass is 16.5. The molecule has 0 atom stereocenters. The molecule has 0 saturated carbocycles. The van der Waals surface area contributed by atoms with Crippen molar-refractivity contribution in [2.75, 3.05) is 18.0 Å². The largest absolute Gasteiger partial charge is 0.478 e.